The zero-order valence-electron chi connectivity index (χ0n) is 10.9. The van der Waals surface area contributed by atoms with E-state index in [0.29, 0.717) is 17.3 Å². The highest BCUT2D eigenvalue weighted by atomic mass is 79.9. The zero-order valence-corrected chi connectivity index (χ0v) is 13.3. The molecule has 5 heteroatoms. The monoisotopic (exact) mass is 357 g/mol. The molecule has 0 radical (unpaired) electrons. The maximum Gasteiger partial charge on any atom is 0.167 e. The Hall–Kier alpha value is -1.10. The minimum Gasteiger partial charge on any atom is -0.452 e. The van der Waals surface area contributed by atoms with Crippen LogP contribution in [0.3, 0.4) is 0 Å². The second-order valence-corrected chi connectivity index (χ2v) is 5.51. The fourth-order valence-corrected chi connectivity index (χ4v) is 2.23. The largest absolute Gasteiger partial charge is 0.452 e. The van der Waals surface area contributed by atoms with Gasteiger partial charge in [-0.15, -0.1) is 0 Å². The Morgan fingerprint density at radius 3 is 2.85 bits per heavy atom. The van der Waals surface area contributed by atoms with E-state index in [1.54, 1.807) is 24.3 Å². The summed E-state index contributed by atoms with van der Waals surface area (Å²) in [6.45, 7) is 3.33. The lowest BCUT2D eigenvalue weighted by molar-refractivity contribution is 0.434. The van der Waals surface area contributed by atoms with Gasteiger partial charge in [0.05, 0.1) is 5.02 Å². The van der Waals surface area contributed by atoms with Crippen molar-refractivity contribution in [1.82, 2.24) is 5.32 Å². The Bertz CT molecular complexity index is 606. The van der Waals surface area contributed by atoms with Gasteiger partial charge in [-0.3, -0.25) is 0 Å². The molecule has 106 valence electrons. The maximum atomic E-state index is 14.0. The highest BCUT2D eigenvalue weighted by Gasteiger charge is 2.12. The van der Waals surface area contributed by atoms with Gasteiger partial charge in [-0.1, -0.05) is 46.6 Å². The van der Waals surface area contributed by atoms with Crippen molar-refractivity contribution < 1.29 is 9.13 Å². The molecule has 0 spiro atoms. The van der Waals surface area contributed by atoms with Crippen LogP contribution in [-0.2, 0) is 6.54 Å². The molecule has 0 atom stereocenters. The van der Waals surface area contributed by atoms with Gasteiger partial charge in [-0.25, -0.2) is 4.39 Å². The number of hydrogen-bond acceptors (Lipinski definition) is 2. The van der Waals surface area contributed by atoms with Crippen LogP contribution >= 0.6 is 27.5 Å². The lowest BCUT2D eigenvalue weighted by Crippen LogP contribution is -2.12. The summed E-state index contributed by atoms with van der Waals surface area (Å²) in [5.74, 6) is 0.216. The van der Waals surface area contributed by atoms with Crippen molar-refractivity contribution in [3.63, 3.8) is 0 Å². The number of halogens is 3. The third kappa shape index (κ3) is 3.72. The number of nitrogens with one attached hydrogen (secondary N) is 1. The van der Waals surface area contributed by atoms with Gasteiger partial charge in [0.2, 0.25) is 0 Å². The molecule has 0 unspecified atom stereocenters. The molecule has 1 N–H and O–H groups in total. The fraction of sp³-hybridized carbons (Fsp3) is 0.200. The van der Waals surface area contributed by atoms with Crippen LogP contribution in [0.5, 0.6) is 11.5 Å². The first-order chi connectivity index (χ1) is 9.61. The van der Waals surface area contributed by atoms with E-state index in [2.05, 4.69) is 21.2 Å². The molecule has 2 aromatic carbocycles. The SMILES string of the molecule is CCNCc1cccc(F)c1Oc1cc(Br)ccc1Cl. The normalized spacial score (nSPS) is 10.6. The van der Waals surface area contributed by atoms with E-state index < -0.39 is 5.82 Å². The Kier molecular flexibility index (Phi) is 5.40. The van der Waals surface area contributed by atoms with E-state index in [1.807, 2.05) is 13.0 Å². The van der Waals surface area contributed by atoms with Crippen molar-refractivity contribution in [3.8, 4) is 11.5 Å². The van der Waals surface area contributed by atoms with Crippen LogP contribution in [0.1, 0.15) is 12.5 Å². The van der Waals surface area contributed by atoms with Gasteiger partial charge in [0, 0.05) is 16.6 Å². The standard InChI is InChI=1S/C15H14BrClFNO/c1-2-19-9-10-4-3-5-13(18)15(10)20-14-8-11(16)6-7-12(14)17/h3-8,19H,2,9H2,1H3. The van der Waals surface area contributed by atoms with Crippen LogP contribution in [0.2, 0.25) is 5.02 Å². The third-order valence-corrected chi connectivity index (χ3v) is 3.52. The van der Waals surface area contributed by atoms with E-state index in [4.69, 9.17) is 16.3 Å². The quantitative estimate of drug-likeness (QED) is 0.798. The first-order valence-corrected chi connectivity index (χ1v) is 7.40. The molecule has 20 heavy (non-hydrogen) atoms. The lowest BCUT2D eigenvalue weighted by Gasteiger charge is -2.13. The fourth-order valence-electron chi connectivity index (χ4n) is 1.73. The predicted octanol–water partition coefficient (Wildman–Crippen LogP) is 5.14. The molecule has 0 aliphatic rings. The van der Waals surface area contributed by atoms with Gasteiger partial charge >= 0.3 is 0 Å². The summed E-state index contributed by atoms with van der Waals surface area (Å²) in [6.07, 6.45) is 0. The Labute approximate surface area is 131 Å². The van der Waals surface area contributed by atoms with Gasteiger partial charge in [0.25, 0.3) is 0 Å². The number of hydrogen-bond donors (Lipinski definition) is 1. The summed E-state index contributed by atoms with van der Waals surface area (Å²) in [7, 11) is 0. The maximum absolute atomic E-state index is 14.0. The molecule has 0 aliphatic heterocycles. The molecule has 0 heterocycles. The van der Waals surface area contributed by atoms with Gasteiger partial charge < -0.3 is 10.1 Å². The molecular formula is C15H14BrClFNO. The van der Waals surface area contributed by atoms with E-state index in [1.165, 1.54) is 6.07 Å². The van der Waals surface area contributed by atoms with Gasteiger partial charge in [0.1, 0.15) is 5.75 Å². The van der Waals surface area contributed by atoms with Crippen molar-refractivity contribution in [3.05, 3.63) is 57.3 Å². The molecule has 0 aliphatic carbocycles. The van der Waals surface area contributed by atoms with Crippen molar-refractivity contribution in [2.24, 2.45) is 0 Å². The zero-order chi connectivity index (χ0) is 14.5. The number of rotatable bonds is 5. The van der Waals surface area contributed by atoms with E-state index in [0.717, 1.165) is 16.6 Å². The minimum atomic E-state index is -0.406. The summed E-state index contributed by atoms with van der Waals surface area (Å²) in [5.41, 5.74) is 0.753. The highest BCUT2D eigenvalue weighted by Crippen LogP contribution is 2.34. The number of ether oxygens (including phenoxy) is 1. The molecule has 0 aromatic heterocycles. The van der Waals surface area contributed by atoms with E-state index >= 15 is 0 Å². The summed E-state index contributed by atoms with van der Waals surface area (Å²) in [4.78, 5) is 0. The van der Waals surface area contributed by atoms with Crippen LogP contribution < -0.4 is 10.1 Å². The molecule has 0 saturated carbocycles. The van der Waals surface area contributed by atoms with Gasteiger partial charge in [0.15, 0.2) is 11.6 Å². The Morgan fingerprint density at radius 2 is 2.10 bits per heavy atom. The molecule has 0 bridgehead atoms. The average molecular weight is 359 g/mol. The molecular weight excluding hydrogens is 345 g/mol. The van der Waals surface area contributed by atoms with Crippen LogP contribution in [0.25, 0.3) is 0 Å². The predicted molar refractivity (Wildman–Crippen MR) is 83.0 cm³/mol. The van der Waals surface area contributed by atoms with Crippen molar-refractivity contribution >= 4 is 27.5 Å². The van der Waals surface area contributed by atoms with Crippen molar-refractivity contribution in [2.75, 3.05) is 6.54 Å². The topological polar surface area (TPSA) is 21.3 Å². The average Bonchev–Trinajstić information content (AvgIpc) is 2.43. The number of benzene rings is 2. The van der Waals surface area contributed by atoms with Crippen LogP contribution in [0, 0.1) is 5.82 Å². The second kappa shape index (κ2) is 7.07. The van der Waals surface area contributed by atoms with E-state index in [9.17, 15) is 4.39 Å². The van der Waals surface area contributed by atoms with Crippen molar-refractivity contribution in [1.29, 1.82) is 0 Å². The van der Waals surface area contributed by atoms with Crippen LogP contribution in [0.4, 0.5) is 4.39 Å². The van der Waals surface area contributed by atoms with Crippen molar-refractivity contribution in [2.45, 2.75) is 13.5 Å². The third-order valence-electron chi connectivity index (χ3n) is 2.72. The molecule has 0 amide bonds. The molecule has 0 fully saturated rings. The van der Waals surface area contributed by atoms with Gasteiger partial charge in [-0.2, -0.15) is 0 Å². The summed E-state index contributed by atoms with van der Waals surface area (Å²) >= 11 is 9.42. The van der Waals surface area contributed by atoms with Gasteiger partial charge in [-0.05, 0) is 30.8 Å². The lowest BCUT2D eigenvalue weighted by atomic mass is 10.2. The smallest absolute Gasteiger partial charge is 0.167 e. The number of para-hydroxylation sites is 1. The second-order valence-electron chi connectivity index (χ2n) is 4.19. The van der Waals surface area contributed by atoms with Crippen LogP contribution in [0.15, 0.2) is 40.9 Å². The van der Waals surface area contributed by atoms with E-state index in [-0.39, 0.29) is 5.75 Å². The molecule has 2 rings (SSSR count). The molecule has 2 aromatic rings. The first-order valence-electron chi connectivity index (χ1n) is 6.23. The van der Waals surface area contributed by atoms with Crippen LogP contribution in [-0.4, -0.2) is 6.54 Å². The molecule has 0 saturated heterocycles. The summed E-state index contributed by atoms with van der Waals surface area (Å²) < 4.78 is 20.5. The Morgan fingerprint density at radius 1 is 1.30 bits per heavy atom. The minimum absolute atomic E-state index is 0.202. The highest BCUT2D eigenvalue weighted by molar-refractivity contribution is 9.10. The molecule has 2 nitrogen and oxygen atoms in total. The Balaban J connectivity index is 2.34. The summed E-state index contributed by atoms with van der Waals surface area (Å²) in [6, 6.07) is 10.1. The summed E-state index contributed by atoms with van der Waals surface area (Å²) in [5, 5.41) is 3.59. The first kappa shape index (κ1) is 15.3.